The number of hydrogen-bond donors (Lipinski definition) is 2. The van der Waals surface area contributed by atoms with Crippen molar-refractivity contribution in [3.63, 3.8) is 0 Å². The van der Waals surface area contributed by atoms with Crippen LogP contribution >= 0.6 is 0 Å². The van der Waals surface area contributed by atoms with Gasteiger partial charge in [0.05, 0.1) is 18.7 Å². The summed E-state index contributed by atoms with van der Waals surface area (Å²) in [5, 5.41) is 5.61. The van der Waals surface area contributed by atoms with Crippen molar-refractivity contribution in [2.45, 2.75) is 32.4 Å². The van der Waals surface area contributed by atoms with Gasteiger partial charge in [0, 0.05) is 25.0 Å². The second-order valence-electron chi connectivity index (χ2n) is 7.10. The van der Waals surface area contributed by atoms with E-state index in [4.69, 9.17) is 4.74 Å². The fourth-order valence-corrected chi connectivity index (χ4v) is 3.54. The van der Waals surface area contributed by atoms with Crippen molar-refractivity contribution in [1.29, 1.82) is 0 Å². The first-order valence-electron chi connectivity index (χ1n) is 9.77. The van der Waals surface area contributed by atoms with Crippen LogP contribution in [0.4, 0.5) is 10.5 Å². The topological polar surface area (TPSA) is 70.7 Å². The maximum atomic E-state index is 12.4. The van der Waals surface area contributed by atoms with Crippen molar-refractivity contribution in [3.05, 3.63) is 77.0 Å². The monoisotopic (exact) mass is 393 g/mol. The summed E-state index contributed by atoms with van der Waals surface area (Å²) in [6, 6.07) is 17.3. The molecule has 0 spiro atoms. The van der Waals surface area contributed by atoms with E-state index < -0.39 is 12.0 Å². The Morgan fingerprint density at radius 3 is 2.41 bits per heavy atom. The van der Waals surface area contributed by atoms with E-state index in [9.17, 15) is 9.59 Å². The Hall–Kier alpha value is -3.28. The van der Waals surface area contributed by atoms with Gasteiger partial charge in [-0.15, -0.1) is 0 Å². The van der Waals surface area contributed by atoms with Gasteiger partial charge in [0.1, 0.15) is 0 Å². The third kappa shape index (κ3) is 4.77. The minimum atomic E-state index is -0.536. The van der Waals surface area contributed by atoms with Gasteiger partial charge in [0.2, 0.25) is 0 Å². The van der Waals surface area contributed by atoms with Gasteiger partial charge in [-0.3, -0.25) is 0 Å². The number of nitrogens with one attached hydrogen (secondary N) is 2. The van der Waals surface area contributed by atoms with Gasteiger partial charge >= 0.3 is 12.0 Å². The summed E-state index contributed by atoms with van der Waals surface area (Å²) < 4.78 is 4.99. The number of ether oxygens (including phenoxy) is 1. The van der Waals surface area contributed by atoms with Crippen LogP contribution in [0.1, 0.15) is 36.9 Å². The van der Waals surface area contributed by atoms with Crippen molar-refractivity contribution in [1.82, 2.24) is 10.6 Å². The van der Waals surface area contributed by atoms with Gasteiger partial charge in [-0.05, 0) is 29.7 Å². The first kappa shape index (κ1) is 20.5. The Bertz CT molecular complexity index is 891. The van der Waals surface area contributed by atoms with E-state index in [1.54, 1.807) is 0 Å². The number of methoxy groups -OCH3 is 1. The lowest BCUT2D eigenvalue weighted by Crippen LogP contribution is -2.45. The number of benzene rings is 2. The number of urea groups is 1. The molecule has 0 saturated heterocycles. The minimum Gasteiger partial charge on any atom is -0.466 e. The van der Waals surface area contributed by atoms with E-state index in [2.05, 4.69) is 27.7 Å². The van der Waals surface area contributed by atoms with Crippen molar-refractivity contribution in [3.8, 4) is 0 Å². The number of hydrogen-bond acceptors (Lipinski definition) is 4. The van der Waals surface area contributed by atoms with Crippen LogP contribution in [0.25, 0.3) is 0 Å². The van der Waals surface area contributed by atoms with Crippen LogP contribution in [0.3, 0.4) is 0 Å². The Morgan fingerprint density at radius 1 is 1.10 bits per heavy atom. The molecule has 1 heterocycles. The quantitative estimate of drug-likeness (QED) is 0.700. The van der Waals surface area contributed by atoms with Gasteiger partial charge in [0.25, 0.3) is 0 Å². The SMILES string of the molecule is CCCC1=C(C(=O)OC)C(c2ccc(N(C)Cc3ccccc3)cc2)NC(=O)N1. The zero-order valence-corrected chi connectivity index (χ0v) is 17.1. The Labute approximate surface area is 171 Å². The molecule has 1 aliphatic rings. The lowest BCUT2D eigenvalue weighted by molar-refractivity contribution is -0.136. The highest BCUT2D eigenvalue weighted by Crippen LogP contribution is 2.30. The fraction of sp³-hybridized carbons (Fsp3) is 0.304. The molecule has 0 aliphatic carbocycles. The average Bonchev–Trinajstić information content (AvgIpc) is 2.74. The van der Waals surface area contributed by atoms with E-state index in [1.807, 2.05) is 56.4 Å². The summed E-state index contributed by atoms with van der Waals surface area (Å²) in [5.41, 5.74) is 4.20. The summed E-state index contributed by atoms with van der Waals surface area (Å²) >= 11 is 0. The predicted molar refractivity (Wildman–Crippen MR) is 113 cm³/mol. The minimum absolute atomic E-state index is 0.309. The molecule has 3 rings (SSSR count). The van der Waals surface area contributed by atoms with Gasteiger partial charge in [0.15, 0.2) is 0 Å². The molecule has 6 heteroatoms. The zero-order chi connectivity index (χ0) is 20.8. The van der Waals surface area contributed by atoms with E-state index in [0.717, 1.165) is 24.2 Å². The van der Waals surface area contributed by atoms with Crippen LogP contribution in [-0.2, 0) is 16.1 Å². The van der Waals surface area contributed by atoms with Gasteiger partial charge in [-0.25, -0.2) is 9.59 Å². The molecule has 0 saturated carbocycles. The average molecular weight is 393 g/mol. The molecule has 0 aromatic heterocycles. The van der Waals surface area contributed by atoms with Crippen LogP contribution in [0.5, 0.6) is 0 Å². The third-order valence-electron chi connectivity index (χ3n) is 4.99. The molecule has 1 aliphatic heterocycles. The predicted octanol–water partition coefficient (Wildman–Crippen LogP) is 3.90. The number of anilines is 1. The molecule has 2 N–H and O–H groups in total. The second-order valence-corrected chi connectivity index (χ2v) is 7.10. The summed E-state index contributed by atoms with van der Waals surface area (Å²) in [6.45, 7) is 2.79. The van der Waals surface area contributed by atoms with Crippen LogP contribution in [0.15, 0.2) is 65.9 Å². The highest BCUT2D eigenvalue weighted by atomic mass is 16.5. The maximum Gasteiger partial charge on any atom is 0.337 e. The number of carbonyl (C=O) groups excluding carboxylic acids is 2. The lowest BCUT2D eigenvalue weighted by atomic mass is 9.93. The van der Waals surface area contributed by atoms with Crippen LogP contribution in [0.2, 0.25) is 0 Å². The molecule has 1 atom stereocenters. The number of rotatable bonds is 7. The Kier molecular flexibility index (Phi) is 6.54. The van der Waals surface area contributed by atoms with Crippen molar-refractivity contribution >= 4 is 17.7 Å². The number of allylic oxidation sites excluding steroid dienone is 1. The van der Waals surface area contributed by atoms with E-state index in [-0.39, 0.29) is 6.03 Å². The molecular formula is C23H27N3O3. The molecule has 152 valence electrons. The smallest absolute Gasteiger partial charge is 0.337 e. The summed E-state index contributed by atoms with van der Waals surface area (Å²) in [5.74, 6) is -0.434. The van der Waals surface area contributed by atoms with Crippen molar-refractivity contribution < 1.29 is 14.3 Å². The first-order chi connectivity index (χ1) is 14.0. The molecular weight excluding hydrogens is 366 g/mol. The number of esters is 1. The molecule has 2 amide bonds. The molecule has 0 fully saturated rings. The first-order valence-corrected chi connectivity index (χ1v) is 9.77. The van der Waals surface area contributed by atoms with E-state index in [0.29, 0.717) is 17.7 Å². The molecule has 2 aromatic rings. The van der Waals surface area contributed by atoms with Crippen LogP contribution in [0, 0.1) is 0 Å². The van der Waals surface area contributed by atoms with E-state index in [1.165, 1.54) is 12.7 Å². The summed E-state index contributed by atoms with van der Waals surface area (Å²) in [7, 11) is 3.39. The summed E-state index contributed by atoms with van der Waals surface area (Å²) in [6.07, 6.45) is 1.41. The summed E-state index contributed by atoms with van der Waals surface area (Å²) in [4.78, 5) is 26.7. The number of amides is 2. The number of carbonyl (C=O) groups is 2. The lowest BCUT2D eigenvalue weighted by Gasteiger charge is -2.29. The molecule has 1 unspecified atom stereocenters. The fourth-order valence-electron chi connectivity index (χ4n) is 3.54. The number of nitrogens with zero attached hydrogens (tertiary/aromatic N) is 1. The molecule has 2 aromatic carbocycles. The second kappa shape index (κ2) is 9.28. The molecule has 6 nitrogen and oxygen atoms in total. The maximum absolute atomic E-state index is 12.4. The Balaban J connectivity index is 1.85. The van der Waals surface area contributed by atoms with Crippen molar-refractivity contribution in [2.75, 3.05) is 19.1 Å². The van der Waals surface area contributed by atoms with Crippen LogP contribution < -0.4 is 15.5 Å². The van der Waals surface area contributed by atoms with Gasteiger partial charge < -0.3 is 20.3 Å². The Morgan fingerprint density at radius 2 is 1.79 bits per heavy atom. The highest BCUT2D eigenvalue weighted by Gasteiger charge is 2.33. The molecule has 29 heavy (non-hydrogen) atoms. The standard InChI is InChI=1S/C23H27N3O3/c1-4-8-19-20(22(27)29-3)21(25-23(28)24-19)17-11-13-18(14-12-17)26(2)15-16-9-6-5-7-10-16/h5-7,9-14,21H,4,8,15H2,1-3H3,(H2,24,25,28). The van der Waals surface area contributed by atoms with Gasteiger partial charge in [-0.1, -0.05) is 55.8 Å². The zero-order valence-electron chi connectivity index (χ0n) is 17.1. The highest BCUT2D eigenvalue weighted by molar-refractivity contribution is 5.95. The van der Waals surface area contributed by atoms with E-state index >= 15 is 0 Å². The largest absolute Gasteiger partial charge is 0.466 e. The normalized spacial score (nSPS) is 16.1. The molecule has 0 radical (unpaired) electrons. The third-order valence-corrected chi connectivity index (χ3v) is 4.99. The molecule has 0 bridgehead atoms. The van der Waals surface area contributed by atoms with Crippen molar-refractivity contribution in [2.24, 2.45) is 0 Å². The van der Waals surface area contributed by atoms with Crippen LogP contribution in [-0.4, -0.2) is 26.2 Å². The van der Waals surface area contributed by atoms with Gasteiger partial charge in [-0.2, -0.15) is 0 Å².